The molecule has 6 nitrogen and oxygen atoms in total. The highest BCUT2D eigenvalue weighted by molar-refractivity contribution is 5.47. The van der Waals surface area contributed by atoms with Gasteiger partial charge in [-0.15, -0.1) is 0 Å². The standard InChI is InChI=1S/C13H15N3O3/c1-16-7-9(6-15-16)13(5-14)19-10-2-3-11-12(4-10)18-8-17-11/h2-4,6-7,13H,5,8,14H2,1H3. The molecule has 0 fully saturated rings. The number of ether oxygens (including phenoxy) is 3. The van der Waals surface area contributed by atoms with Crippen LogP contribution in [0.5, 0.6) is 17.2 Å². The molecule has 0 aliphatic carbocycles. The predicted octanol–water partition coefficient (Wildman–Crippen LogP) is 1.23. The fraction of sp³-hybridized carbons (Fsp3) is 0.308. The van der Waals surface area contributed by atoms with Gasteiger partial charge in [-0.3, -0.25) is 4.68 Å². The zero-order valence-corrected chi connectivity index (χ0v) is 10.6. The molecule has 19 heavy (non-hydrogen) atoms. The van der Waals surface area contributed by atoms with Crippen LogP contribution in [-0.4, -0.2) is 23.1 Å². The van der Waals surface area contributed by atoms with Gasteiger partial charge in [0.05, 0.1) is 6.20 Å². The zero-order chi connectivity index (χ0) is 13.2. The van der Waals surface area contributed by atoms with Crippen molar-refractivity contribution in [1.29, 1.82) is 0 Å². The molecule has 0 bridgehead atoms. The largest absolute Gasteiger partial charge is 0.484 e. The topological polar surface area (TPSA) is 71.5 Å². The number of hydrogen-bond donors (Lipinski definition) is 1. The number of aryl methyl sites for hydroxylation is 1. The van der Waals surface area contributed by atoms with E-state index in [-0.39, 0.29) is 12.9 Å². The average molecular weight is 261 g/mol. The highest BCUT2D eigenvalue weighted by atomic mass is 16.7. The van der Waals surface area contributed by atoms with E-state index in [1.54, 1.807) is 16.9 Å². The average Bonchev–Trinajstić information content (AvgIpc) is 3.04. The van der Waals surface area contributed by atoms with Gasteiger partial charge in [0.1, 0.15) is 11.9 Å². The van der Waals surface area contributed by atoms with Crippen LogP contribution in [0.15, 0.2) is 30.6 Å². The van der Waals surface area contributed by atoms with Gasteiger partial charge in [0.2, 0.25) is 6.79 Å². The maximum absolute atomic E-state index is 5.87. The minimum absolute atomic E-state index is 0.228. The Morgan fingerprint density at radius 2 is 2.26 bits per heavy atom. The van der Waals surface area contributed by atoms with Crippen molar-refractivity contribution in [2.24, 2.45) is 12.8 Å². The summed E-state index contributed by atoms with van der Waals surface area (Å²) in [5, 5.41) is 4.12. The second-order valence-electron chi connectivity index (χ2n) is 4.30. The van der Waals surface area contributed by atoms with Crippen LogP contribution in [0.2, 0.25) is 0 Å². The molecular formula is C13H15N3O3. The molecule has 0 saturated heterocycles. The highest BCUT2D eigenvalue weighted by Gasteiger charge is 2.17. The van der Waals surface area contributed by atoms with Gasteiger partial charge in [-0.1, -0.05) is 0 Å². The molecule has 1 unspecified atom stereocenters. The summed E-state index contributed by atoms with van der Waals surface area (Å²) in [6, 6.07) is 5.47. The van der Waals surface area contributed by atoms with Crippen LogP contribution < -0.4 is 19.9 Å². The Labute approximate surface area is 110 Å². The molecule has 0 amide bonds. The van der Waals surface area contributed by atoms with Gasteiger partial charge in [0, 0.05) is 31.4 Å². The maximum atomic E-state index is 5.87. The van der Waals surface area contributed by atoms with E-state index < -0.39 is 0 Å². The van der Waals surface area contributed by atoms with Crippen LogP contribution in [0.25, 0.3) is 0 Å². The van der Waals surface area contributed by atoms with Crippen LogP contribution in [0, 0.1) is 0 Å². The first-order valence-corrected chi connectivity index (χ1v) is 6.01. The van der Waals surface area contributed by atoms with Gasteiger partial charge in [-0.05, 0) is 12.1 Å². The summed E-state index contributed by atoms with van der Waals surface area (Å²) in [6.07, 6.45) is 3.42. The third-order valence-electron chi connectivity index (χ3n) is 2.93. The molecule has 1 aliphatic heterocycles. The van der Waals surface area contributed by atoms with Crippen molar-refractivity contribution < 1.29 is 14.2 Å². The SMILES string of the molecule is Cn1cc(C(CN)Oc2ccc3c(c2)OCO3)cn1. The van der Waals surface area contributed by atoms with Gasteiger partial charge in [0.25, 0.3) is 0 Å². The van der Waals surface area contributed by atoms with Gasteiger partial charge >= 0.3 is 0 Å². The Kier molecular flexibility index (Phi) is 3.00. The van der Waals surface area contributed by atoms with E-state index in [0.29, 0.717) is 18.0 Å². The molecular weight excluding hydrogens is 246 g/mol. The van der Waals surface area contributed by atoms with Gasteiger partial charge in [0.15, 0.2) is 11.5 Å². The van der Waals surface area contributed by atoms with Gasteiger partial charge in [-0.2, -0.15) is 5.10 Å². The van der Waals surface area contributed by atoms with Crippen molar-refractivity contribution in [3.63, 3.8) is 0 Å². The summed E-state index contributed by atoms with van der Waals surface area (Å²) in [4.78, 5) is 0. The number of aromatic nitrogens is 2. The molecule has 2 aromatic rings. The van der Waals surface area contributed by atoms with Crippen molar-refractivity contribution in [2.45, 2.75) is 6.10 Å². The summed E-state index contributed by atoms with van der Waals surface area (Å²) >= 11 is 0. The van der Waals surface area contributed by atoms with Gasteiger partial charge in [-0.25, -0.2) is 0 Å². The summed E-state index contributed by atoms with van der Waals surface area (Å²) < 4.78 is 18.2. The lowest BCUT2D eigenvalue weighted by atomic mass is 10.2. The summed E-state index contributed by atoms with van der Waals surface area (Å²) in [7, 11) is 1.86. The minimum Gasteiger partial charge on any atom is -0.484 e. The number of rotatable bonds is 4. The molecule has 1 aromatic heterocycles. The molecule has 3 rings (SSSR count). The number of nitrogens with zero attached hydrogens (tertiary/aromatic N) is 2. The van der Waals surface area contributed by atoms with Crippen molar-refractivity contribution >= 4 is 0 Å². The first-order chi connectivity index (χ1) is 9.26. The fourth-order valence-electron chi connectivity index (χ4n) is 1.97. The molecule has 100 valence electrons. The number of nitrogens with two attached hydrogens (primary N) is 1. The smallest absolute Gasteiger partial charge is 0.231 e. The van der Waals surface area contributed by atoms with Crippen molar-refractivity contribution in [3.05, 3.63) is 36.2 Å². The first-order valence-electron chi connectivity index (χ1n) is 6.01. The van der Waals surface area contributed by atoms with E-state index in [2.05, 4.69) is 5.10 Å². The lowest BCUT2D eigenvalue weighted by Crippen LogP contribution is -2.18. The zero-order valence-electron chi connectivity index (χ0n) is 10.6. The van der Waals surface area contributed by atoms with Crippen molar-refractivity contribution in [2.75, 3.05) is 13.3 Å². The minimum atomic E-state index is -0.228. The monoisotopic (exact) mass is 261 g/mol. The molecule has 0 radical (unpaired) electrons. The molecule has 1 aromatic carbocycles. The Morgan fingerprint density at radius 1 is 1.42 bits per heavy atom. The third-order valence-corrected chi connectivity index (χ3v) is 2.93. The summed E-state index contributed by atoms with van der Waals surface area (Å²) in [6.45, 7) is 0.627. The summed E-state index contributed by atoms with van der Waals surface area (Å²) in [5.74, 6) is 2.13. The maximum Gasteiger partial charge on any atom is 0.231 e. The van der Waals surface area contributed by atoms with Crippen LogP contribution in [0.3, 0.4) is 0 Å². The van der Waals surface area contributed by atoms with Crippen LogP contribution in [0.4, 0.5) is 0 Å². The highest BCUT2D eigenvalue weighted by Crippen LogP contribution is 2.36. The molecule has 2 heterocycles. The molecule has 1 aliphatic rings. The lowest BCUT2D eigenvalue weighted by molar-refractivity contribution is 0.173. The predicted molar refractivity (Wildman–Crippen MR) is 68.2 cm³/mol. The normalized spacial score (nSPS) is 14.4. The Balaban J connectivity index is 1.79. The molecule has 0 spiro atoms. The van der Waals surface area contributed by atoms with E-state index in [9.17, 15) is 0 Å². The van der Waals surface area contributed by atoms with E-state index in [1.165, 1.54) is 0 Å². The number of fused-ring (bicyclic) bond motifs is 1. The molecule has 2 N–H and O–H groups in total. The Morgan fingerprint density at radius 3 is 3.00 bits per heavy atom. The van der Waals surface area contributed by atoms with Crippen molar-refractivity contribution in [1.82, 2.24) is 9.78 Å². The third kappa shape index (κ3) is 2.34. The molecule has 6 heteroatoms. The molecule has 1 atom stereocenters. The number of benzene rings is 1. The van der Waals surface area contributed by atoms with E-state index in [0.717, 1.165) is 11.3 Å². The van der Waals surface area contributed by atoms with E-state index >= 15 is 0 Å². The van der Waals surface area contributed by atoms with Crippen LogP contribution >= 0.6 is 0 Å². The van der Waals surface area contributed by atoms with Gasteiger partial charge < -0.3 is 19.9 Å². The van der Waals surface area contributed by atoms with E-state index in [4.69, 9.17) is 19.9 Å². The van der Waals surface area contributed by atoms with E-state index in [1.807, 2.05) is 25.4 Å². The Bertz CT molecular complexity index is 582. The van der Waals surface area contributed by atoms with Crippen molar-refractivity contribution in [3.8, 4) is 17.2 Å². The number of hydrogen-bond acceptors (Lipinski definition) is 5. The lowest BCUT2D eigenvalue weighted by Gasteiger charge is -2.16. The van der Waals surface area contributed by atoms with Crippen LogP contribution in [-0.2, 0) is 7.05 Å². The second-order valence-corrected chi connectivity index (χ2v) is 4.30. The first kappa shape index (κ1) is 11.9. The Hall–Kier alpha value is -2.21. The quantitative estimate of drug-likeness (QED) is 0.896. The van der Waals surface area contributed by atoms with Crippen LogP contribution in [0.1, 0.15) is 11.7 Å². The molecule has 0 saturated carbocycles. The summed E-state index contributed by atoms with van der Waals surface area (Å²) in [5.41, 5.74) is 6.70. The fourth-order valence-corrected chi connectivity index (χ4v) is 1.97. The second kappa shape index (κ2) is 4.81.